The van der Waals surface area contributed by atoms with E-state index in [0.29, 0.717) is 35.3 Å². The Bertz CT molecular complexity index is 1400. The predicted octanol–water partition coefficient (Wildman–Crippen LogP) is 2.61. The molecular weight excluding hydrogens is 456 g/mol. The van der Waals surface area contributed by atoms with E-state index in [-0.39, 0.29) is 11.7 Å². The minimum atomic E-state index is -0.153. The summed E-state index contributed by atoms with van der Waals surface area (Å²) in [6.07, 6.45) is 4.29. The van der Waals surface area contributed by atoms with Crippen LogP contribution in [0, 0.1) is 0 Å². The molecule has 0 unspecified atom stereocenters. The largest absolute Gasteiger partial charge is 0.381 e. The molecule has 10 nitrogen and oxygen atoms in total. The van der Waals surface area contributed by atoms with Gasteiger partial charge in [-0.15, -0.1) is 0 Å². The lowest BCUT2D eigenvalue weighted by Gasteiger charge is -2.24. The number of rotatable bonds is 3. The van der Waals surface area contributed by atoms with Crippen LogP contribution in [0.25, 0.3) is 28.1 Å². The van der Waals surface area contributed by atoms with Crippen LogP contribution in [0.15, 0.2) is 29.3 Å². The van der Waals surface area contributed by atoms with Crippen molar-refractivity contribution < 1.29 is 4.74 Å². The van der Waals surface area contributed by atoms with Gasteiger partial charge in [-0.3, -0.25) is 9.13 Å². The first-order valence-corrected chi connectivity index (χ1v) is 12.1. The number of hydrogen-bond acceptors (Lipinski definition) is 7. The van der Waals surface area contributed by atoms with Crippen LogP contribution in [0.4, 0.5) is 5.82 Å². The molecule has 34 heavy (non-hydrogen) atoms. The van der Waals surface area contributed by atoms with E-state index >= 15 is 0 Å². The van der Waals surface area contributed by atoms with E-state index < -0.39 is 0 Å². The normalized spacial score (nSPS) is 18.7. The number of anilines is 1. The van der Waals surface area contributed by atoms with Crippen molar-refractivity contribution >= 4 is 39.6 Å². The smallest absolute Gasteiger partial charge is 0.328 e. The van der Waals surface area contributed by atoms with E-state index in [9.17, 15) is 4.79 Å². The monoisotopic (exact) mass is 482 g/mol. The van der Waals surface area contributed by atoms with Gasteiger partial charge in [0.25, 0.3) is 0 Å². The van der Waals surface area contributed by atoms with Crippen molar-refractivity contribution in [1.29, 1.82) is 0 Å². The quantitative estimate of drug-likeness (QED) is 0.479. The maximum atomic E-state index is 13.2. The van der Waals surface area contributed by atoms with Gasteiger partial charge in [-0.2, -0.15) is 9.97 Å². The average Bonchev–Trinajstić information content (AvgIpc) is 3.33. The number of nitrogens with zero attached hydrogens (tertiary/aromatic N) is 7. The molecule has 178 valence electrons. The van der Waals surface area contributed by atoms with E-state index in [1.165, 1.54) is 0 Å². The predicted molar refractivity (Wildman–Crippen MR) is 131 cm³/mol. The van der Waals surface area contributed by atoms with Gasteiger partial charge in [0.2, 0.25) is 5.95 Å². The number of aromatic nitrogens is 6. The molecule has 0 aliphatic carbocycles. The summed E-state index contributed by atoms with van der Waals surface area (Å²) in [5.41, 5.74) is 2.79. The molecule has 3 aromatic heterocycles. The van der Waals surface area contributed by atoms with Crippen LogP contribution in [0.2, 0.25) is 5.02 Å². The van der Waals surface area contributed by atoms with E-state index in [2.05, 4.69) is 26.8 Å². The van der Waals surface area contributed by atoms with Gasteiger partial charge in [0.15, 0.2) is 11.5 Å². The molecule has 6 rings (SSSR count). The molecule has 11 heteroatoms. The number of ether oxygens (including phenoxy) is 1. The Morgan fingerprint density at radius 2 is 1.97 bits per heavy atom. The van der Waals surface area contributed by atoms with Gasteiger partial charge in [-0.1, -0.05) is 11.6 Å². The number of fused-ring (bicyclic) bond motifs is 2. The summed E-state index contributed by atoms with van der Waals surface area (Å²) >= 11 is 6.29. The molecule has 4 aromatic rings. The van der Waals surface area contributed by atoms with Crippen molar-refractivity contribution in [1.82, 2.24) is 34.0 Å². The second kappa shape index (κ2) is 8.68. The Balaban J connectivity index is 1.57. The van der Waals surface area contributed by atoms with Crippen LogP contribution in [-0.4, -0.2) is 80.4 Å². The highest BCUT2D eigenvalue weighted by molar-refractivity contribution is 6.31. The third kappa shape index (κ3) is 3.75. The molecule has 2 aliphatic rings. The first-order valence-electron chi connectivity index (χ1n) is 11.7. The summed E-state index contributed by atoms with van der Waals surface area (Å²) < 4.78 is 9.18. The zero-order valence-electron chi connectivity index (χ0n) is 19.1. The molecule has 0 spiro atoms. The van der Waals surface area contributed by atoms with Gasteiger partial charge >= 0.3 is 5.69 Å². The fourth-order valence-corrected chi connectivity index (χ4v) is 5.16. The topological polar surface area (TPSA) is 97.1 Å². The minimum Gasteiger partial charge on any atom is -0.381 e. The van der Waals surface area contributed by atoms with Gasteiger partial charge in [-0.25, -0.2) is 9.78 Å². The second-order valence-corrected chi connectivity index (χ2v) is 9.52. The Hall–Kier alpha value is -2.95. The van der Waals surface area contributed by atoms with Crippen molar-refractivity contribution in [3.63, 3.8) is 0 Å². The summed E-state index contributed by atoms with van der Waals surface area (Å²) in [4.78, 5) is 35.2. The van der Waals surface area contributed by atoms with Crippen molar-refractivity contribution in [2.75, 3.05) is 51.3 Å². The van der Waals surface area contributed by atoms with E-state index in [1.807, 2.05) is 22.8 Å². The highest BCUT2D eigenvalue weighted by Gasteiger charge is 2.26. The first kappa shape index (κ1) is 21.6. The average molecular weight is 483 g/mol. The Kier molecular flexibility index (Phi) is 5.51. The summed E-state index contributed by atoms with van der Waals surface area (Å²) in [7, 11) is 2.13. The van der Waals surface area contributed by atoms with Crippen LogP contribution < -0.4 is 10.6 Å². The van der Waals surface area contributed by atoms with Crippen LogP contribution in [0.5, 0.6) is 0 Å². The molecular formula is C23H27ClN8O2. The molecule has 0 radical (unpaired) electrons. The highest BCUT2D eigenvalue weighted by Crippen LogP contribution is 2.29. The van der Waals surface area contributed by atoms with Gasteiger partial charge in [0.1, 0.15) is 11.8 Å². The maximum Gasteiger partial charge on any atom is 0.328 e. The Morgan fingerprint density at radius 3 is 2.82 bits per heavy atom. The number of H-pyrrole nitrogens is 1. The third-order valence-corrected chi connectivity index (χ3v) is 7.07. The zero-order chi connectivity index (χ0) is 23.2. The molecule has 0 amide bonds. The molecule has 1 aromatic carbocycles. The van der Waals surface area contributed by atoms with E-state index in [1.54, 1.807) is 10.9 Å². The first-order chi connectivity index (χ1) is 16.6. The van der Waals surface area contributed by atoms with E-state index in [4.69, 9.17) is 26.3 Å². The molecule has 0 bridgehead atoms. The van der Waals surface area contributed by atoms with Crippen LogP contribution in [0.1, 0.15) is 25.3 Å². The number of aromatic amines is 1. The molecule has 2 aliphatic heterocycles. The van der Waals surface area contributed by atoms with Crippen LogP contribution in [0.3, 0.4) is 0 Å². The van der Waals surface area contributed by atoms with Crippen molar-refractivity contribution in [2.45, 2.75) is 25.3 Å². The summed E-state index contributed by atoms with van der Waals surface area (Å²) in [5, 5.41) is 0.617. The van der Waals surface area contributed by atoms with Gasteiger partial charge in [0, 0.05) is 43.9 Å². The van der Waals surface area contributed by atoms with Crippen LogP contribution in [-0.2, 0) is 4.74 Å². The van der Waals surface area contributed by atoms with Crippen molar-refractivity contribution in [3.05, 3.63) is 40.0 Å². The fourth-order valence-electron chi connectivity index (χ4n) is 4.99. The third-order valence-electron chi connectivity index (χ3n) is 6.84. The lowest BCUT2D eigenvalue weighted by molar-refractivity contribution is 0.0697. The lowest BCUT2D eigenvalue weighted by Crippen LogP contribution is -2.30. The second-order valence-electron chi connectivity index (χ2n) is 9.08. The van der Waals surface area contributed by atoms with Gasteiger partial charge < -0.3 is 19.5 Å². The number of halogens is 1. The summed E-state index contributed by atoms with van der Waals surface area (Å²) in [6.45, 7) is 4.91. The SMILES string of the molecule is CN1CCCN(c2nc(-n3cnc4ccc(Cl)cc43)nc3c2[nH]c(=O)n3C2CCOCC2)CC1. The molecule has 2 saturated heterocycles. The van der Waals surface area contributed by atoms with Crippen molar-refractivity contribution in [3.8, 4) is 5.95 Å². The Morgan fingerprint density at radius 1 is 1.12 bits per heavy atom. The minimum absolute atomic E-state index is 0.0369. The standard InChI is InChI=1S/C23H27ClN8O2/c1-29-7-2-8-30(10-9-29)20-19-21(32(23(33)26-19)16-5-11-34-12-6-16)28-22(27-20)31-14-25-17-4-3-15(24)13-18(17)31/h3-4,13-14,16H,2,5-12H2,1H3,(H,26,33). The lowest BCUT2D eigenvalue weighted by atomic mass is 10.1. The van der Waals surface area contributed by atoms with Gasteiger partial charge in [0.05, 0.1) is 11.0 Å². The Labute approximate surface area is 201 Å². The van der Waals surface area contributed by atoms with Crippen LogP contribution >= 0.6 is 11.6 Å². The number of benzene rings is 1. The number of hydrogen-bond donors (Lipinski definition) is 1. The van der Waals surface area contributed by atoms with Crippen molar-refractivity contribution in [2.24, 2.45) is 0 Å². The molecule has 0 atom stereocenters. The number of likely N-dealkylation sites (N-methyl/N-ethyl adjacent to an activating group) is 1. The number of nitrogens with one attached hydrogen (secondary N) is 1. The maximum absolute atomic E-state index is 13.2. The zero-order valence-corrected chi connectivity index (χ0v) is 19.8. The highest BCUT2D eigenvalue weighted by atomic mass is 35.5. The molecule has 1 N–H and O–H groups in total. The molecule has 0 saturated carbocycles. The number of imidazole rings is 2. The molecule has 2 fully saturated rings. The van der Waals surface area contributed by atoms with E-state index in [0.717, 1.165) is 62.3 Å². The summed E-state index contributed by atoms with van der Waals surface area (Å²) in [5.74, 6) is 1.23. The fraction of sp³-hybridized carbons (Fsp3) is 0.478. The van der Waals surface area contributed by atoms with Gasteiger partial charge in [-0.05, 0) is 51.1 Å². The molecule has 5 heterocycles. The summed E-state index contributed by atoms with van der Waals surface area (Å²) in [6, 6.07) is 5.60.